The number of carbonyl (C=O) groups is 1. The van der Waals surface area contributed by atoms with Crippen molar-refractivity contribution < 1.29 is 14.6 Å². The molecule has 1 aromatic carbocycles. The number of carboxylic acid groups (broad SMARTS) is 1. The lowest BCUT2D eigenvalue weighted by Crippen LogP contribution is -2.08. The minimum Gasteiger partial charge on any atom is -0.503 e. The number of benzene rings is 1. The molecular formula is C13H13NO3. The van der Waals surface area contributed by atoms with E-state index < -0.39 is 11.9 Å². The van der Waals surface area contributed by atoms with E-state index in [1.54, 1.807) is 12.1 Å². The fourth-order valence-electron chi connectivity index (χ4n) is 1.58. The third kappa shape index (κ3) is 3.65. The van der Waals surface area contributed by atoms with Crippen molar-refractivity contribution in [2.45, 2.75) is 12.3 Å². The van der Waals surface area contributed by atoms with Crippen molar-refractivity contribution in [1.82, 2.24) is 0 Å². The van der Waals surface area contributed by atoms with Crippen molar-refractivity contribution in [2.24, 2.45) is 0 Å². The van der Waals surface area contributed by atoms with E-state index in [9.17, 15) is 4.79 Å². The van der Waals surface area contributed by atoms with Gasteiger partial charge in [-0.05, 0) is 5.56 Å². The quantitative estimate of drug-likeness (QED) is 0.623. The maximum atomic E-state index is 10.8. The van der Waals surface area contributed by atoms with Crippen molar-refractivity contribution >= 4 is 5.97 Å². The Morgan fingerprint density at radius 2 is 2.18 bits per heavy atom. The molecule has 4 nitrogen and oxygen atoms in total. The summed E-state index contributed by atoms with van der Waals surface area (Å²) in [4.78, 5) is 10.8. The highest BCUT2D eigenvalue weighted by Crippen LogP contribution is 2.27. The molecule has 0 radical (unpaired) electrons. The van der Waals surface area contributed by atoms with Gasteiger partial charge in [0, 0.05) is 5.92 Å². The van der Waals surface area contributed by atoms with Crippen LogP contribution in [-0.4, -0.2) is 18.2 Å². The van der Waals surface area contributed by atoms with Crippen molar-refractivity contribution in [3.05, 3.63) is 47.7 Å². The maximum Gasteiger partial charge on any atom is 0.304 e. The third-order valence-corrected chi connectivity index (χ3v) is 2.33. The Balaban J connectivity index is 3.08. The van der Waals surface area contributed by atoms with Crippen LogP contribution in [0.15, 0.2) is 42.2 Å². The number of hydrogen-bond acceptors (Lipinski definition) is 3. The van der Waals surface area contributed by atoms with Gasteiger partial charge in [-0.2, -0.15) is 5.26 Å². The zero-order valence-corrected chi connectivity index (χ0v) is 9.46. The van der Waals surface area contributed by atoms with E-state index in [1.165, 1.54) is 13.4 Å². The number of nitrogens with zero attached hydrogens (tertiary/aromatic N) is 1. The second-order valence-electron chi connectivity index (χ2n) is 3.48. The number of aliphatic carboxylic acids is 1. The van der Waals surface area contributed by atoms with Crippen molar-refractivity contribution in [1.29, 1.82) is 5.26 Å². The van der Waals surface area contributed by atoms with Crippen molar-refractivity contribution in [3.8, 4) is 6.07 Å². The molecule has 0 fully saturated rings. The van der Waals surface area contributed by atoms with Crippen molar-refractivity contribution in [2.75, 3.05) is 7.11 Å². The van der Waals surface area contributed by atoms with E-state index in [1.807, 2.05) is 24.3 Å². The molecular weight excluding hydrogens is 218 g/mol. The summed E-state index contributed by atoms with van der Waals surface area (Å²) < 4.78 is 4.80. The van der Waals surface area contributed by atoms with Gasteiger partial charge < -0.3 is 9.84 Å². The second-order valence-corrected chi connectivity index (χ2v) is 3.48. The molecule has 4 heteroatoms. The summed E-state index contributed by atoms with van der Waals surface area (Å²) in [5.74, 6) is -1.42. The Morgan fingerprint density at radius 1 is 1.53 bits per heavy atom. The molecule has 1 atom stereocenters. The largest absolute Gasteiger partial charge is 0.503 e. The Labute approximate surface area is 99.8 Å². The Kier molecular flexibility index (Phi) is 4.77. The molecule has 0 aliphatic rings. The zero-order chi connectivity index (χ0) is 12.7. The van der Waals surface area contributed by atoms with E-state index >= 15 is 0 Å². The van der Waals surface area contributed by atoms with Crippen LogP contribution in [0.4, 0.5) is 0 Å². The highest BCUT2D eigenvalue weighted by Gasteiger charge is 2.20. The van der Waals surface area contributed by atoms with Crippen LogP contribution >= 0.6 is 0 Å². The first-order valence-corrected chi connectivity index (χ1v) is 5.08. The summed E-state index contributed by atoms with van der Waals surface area (Å²) in [7, 11) is 1.43. The normalized spacial score (nSPS) is 12.6. The summed E-state index contributed by atoms with van der Waals surface area (Å²) >= 11 is 0. The van der Waals surface area contributed by atoms with Crippen LogP contribution < -0.4 is 0 Å². The molecule has 1 N–H and O–H groups in total. The van der Waals surface area contributed by atoms with Crippen LogP contribution in [-0.2, 0) is 9.53 Å². The lowest BCUT2D eigenvalue weighted by atomic mass is 9.89. The highest BCUT2D eigenvalue weighted by molar-refractivity contribution is 5.69. The molecule has 1 unspecified atom stereocenters. The molecule has 0 spiro atoms. The molecule has 17 heavy (non-hydrogen) atoms. The van der Waals surface area contributed by atoms with E-state index in [-0.39, 0.29) is 6.42 Å². The van der Waals surface area contributed by atoms with Gasteiger partial charge in [0.2, 0.25) is 0 Å². The van der Waals surface area contributed by atoms with Crippen molar-refractivity contribution in [3.63, 3.8) is 0 Å². The van der Waals surface area contributed by atoms with Crippen LogP contribution in [0.25, 0.3) is 0 Å². The topological polar surface area (TPSA) is 70.3 Å². The maximum absolute atomic E-state index is 10.8. The summed E-state index contributed by atoms with van der Waals surface area (Å²) in [5, 5.41) is 17.9. The number of carboxylic acids is 1. The second kappa shape index (κ2) is 6.33. The molecule has 0 aliphatic heterocycles. The SMILES string of the molecule is COC=C(C#N)C(CC(=O)O)c1ccccc1. The summed E-state index contributed by atoms with van der Waals surface area (Å²) in [6, 6.07) is 11.0. The fourth-order valence-corrected chi connectivity index (χ4v) is 1.58. The minimum absolute atomic E-state index is 0.132. The average molecular weight is 231 g/mol. The standard InChI is InChI=1S/C13H13NO3/c1-17-9-11(8-14)12(7-13(15)16)10-5-3-2-4-6-10/h2-6,9,12H,7H2,1H3,(H,15,16). The minimum atomic E-state index is -0.948. The monoisotopic (exact) mass is 231 g/mol. The van der Waals surface area contributed by atoms with Crippen LogP contribution in [0, 0.1) is 11.3 Å². The van der Waals surface area contributed by atoms with E-state index in [0.29, 0.717) is 5.57 Å². The highest BCUT2D eigenvalue weighted by atomic mass is 16.5. The first kappa shape index (κ1) is 12.8. The predicted molar refractivity (Wildman–Crippen MR) is 62.1 cm³/mol. The number of methoxy groups -OCH3 is 1. The van der Waals surface area contributed by atoms with Gasteiger partial charge in [0.05, 0.1) is 31.4 Å². The Morgan fingerprint density at radius 3 is 2.65 bits per heavy atom. The van der Waals surface area contributed by atoms with Crippen LogP contribution in [0.3, 0.4) is 0 Å². The first-order chi connectivity index (χ1) is 8.19. The zero-order valence-electron chi connectivity index (χ0n) is 9.46. The molecule has 88 valence electrons. The van der Waals surface area contributed by atoms with Crippen LogP contribution in [0.1, 0.15) is 17.9 Å². The number of rotatable bonds is 5. The molecule has 0 saturated heterocycles. The molecule has 0 aliphatic carbocycles. The number of hydrogen-bond donors (Lipinski definition) is 1. The molecule has 0 aromatic heterocycles. The van der Waals surface area contributed by atoms with Gasteiger partial charge >= 0.3 is 5.97 Å². The average Bonchev–Trinajstić information content (AvgIpc) is 2.34. The number of allylic oxidation sites excluding steroid dienone is 1. The van der Waals surface area contributed by atoms with Gasteiger partial charge in [-0.3, -0.25) is 4.79 Å². The lowest BCUT2D eigenvalue weighted by Gasteiger charge is -2.13. The molecule has 1 aromatic rings. The van der Waals surface area contributed by atoms with Gasteiger partial charge in [-0.15, -0.1) is 0 Å². The van der Waals surface area contributed by atoms with Gasteiger partial charge in [0.1, 0.15) is 0 Å². The summed E-state index contributed by atoms with van der Waals surface area (Å²) in [6.45, 7) is 0. The smallest absolute Gasteiger partial charge is 0.304 e. The van der Waals surface area contributed by atoms with Crippen LogP contribution in [0.5, 0.6) is 0 Å². The van der Waals surface area contributed by atoms with Gasteiger partial charge in [-0.1, -0.05) is 30.3 Å². The summed E-state index contributed by atoms with van der Waals surface area (Å²) in [6.07, 6.45) is 1.16. The van der Waals surface area contributed by atoms with Gasteiger partial charge in [0.15, 0.2) is 0 Å². The van der Waals surface area contributed by atoms with E-state index in [4.69, 9.17) is 15.1 Å². The van der Waals surface area contributed by atoms with Gasteiger partial charge in [0.25, 0.3) is 0 Å². The first-order valence-electron chi connectivity index (χ1n) is 5.08. The number of ether oxygens (including phenoxy) is 1. The molecule has 0 heterocycles. The molecule has 0 bridgehead atoms. The third-order valence-electron chi connectivity index (χ3n) is 2.33. The Hall–Kier alpha value is -2.28. The predicted octanol–water partition coefficient (Wildman–Crippen LogP) is 2.30. The molecule has 0 amide bonds. The summed E-state index contributed by atoms with van der Waals surface area (Å²) in [5.41, 5.74) is 1.10. The lowest BCUT2D eigenvalue weighted by molar-refractivity contribution is -0.137. The number of nitriles is 1. The molecule has 1 rings (SSSR count). The van der Waals surface area contributed by atoms with Gasteiger partial charge in [-0.25, -0.2) is 0 Å². The van der Waals surface area contributed by atoms with E-state index in [0.717, 1.165) is 5.56 Å². The Bertz CT molecular complexity index is 445. The fraction of sp³-hybridized carbons (Fsp3) is 0.231. The van der Waals surface area contributed by atoms with Crippen LogP contribution in [0.2, 0.25) is 0 Å². The molecule has 0 saturated carbocycles. The van der Waals surface area contributed by atoms with E-state index in [2.05, 4.69) is 0 Å².